The van der Waals surface area contributed by atoms with Crippen molar-refractivity contribution in [2.45, 2.75) is 113 Å². The molecule has 257 valence electrons. The quantitative estimate of drug-likeness (QED) is 0.0914. The summed E-state index contributed by atoms with van der Waals surface area (Å²) in [5.74, 6) is 0.831. The molecule has 1 radical (unpaired) electrons. The topological polar surface area (TPSA) is 63.3 Å². The minimum atomic E-state index is -0.337. The summed E-state index contributed by atoms with van der Waals surface area (Å²) in [5, 5.41) is 13.7. The molecule has 0 saturated heterocycles. The van der Waals surface area contributed by atoms with Gasteiger partial charge < -0.3 is 9.52 Å². The molecule has 0 aliphatic heterocycles. The molecule has 1 N–H and O–H groups in total. The van der Waals surface area contributed by atoms with Crippen LogP contribution in [0.3, 0.4) is 0 Å². The van der Waals surface area contributed by atoms with Gasteiger partial charge in [0.15, 0.2) is 5.78 Å². The number of aromatic nitrogens is 1. The van der Waals surface area contributed by atoms with E-state index in [4.69, 9.17) is 9.40 Å². The number of furan rings is 1. The van der Waals surface area contributed by atoms with Gasteiger partial charge in [-0.2, -0.15) is 0 Å². The molecule has 3 aromatic carbocycles. The third-order valence-electron chi connectivity index (χ3n) is 11.7. The van der Waals surface area contributed by atoms with Gasteiger partial charge >= 0.3 is 0 Å². The Hall–Kier alpha value is -3.27. The second kappa shape index (κ2) is 14.3. The number of allylic oxidation sites excluding steroid dienone is 2. The molecule has 5 aromatic rings. The minimum absolute atomic E-state index is 0. The van der Waals surface area contributed by atoms with Crippen LogP contribution in [-0.2, 0) is 30.3 Å². The summed E-state index contributed by atoms with van der Waals surface area (Å²) in [6, 6.07) is 23.0. The molecule has 6 rings (SSSR count). The standard InChI is InChI=1S/C28H24NO.C15H28O2.Ir/c1-5-16(2)17-12-13-22-18(14-17)15-21-27(29-22)19-8-6-10-23-25(19)26-20(28(21,3)4)9-7-11-24(26)30-23;1-7-14(5,8-2)12(16)11-13(17)15(6,9-3)10-4;/h6-7,9-16H,5H2,1-4H3;11,16H,7-10H2,1-6H3;/q-1;;/b;12-11-;. The Labute approximate surface area is 300 Å². The SMILES string of the molecule is CCC(C)(CC)C(=O)/C=C(\O)C(C)(CC)CC.CCC(C)c1ccc2nc3c(cc2c1)C(C)(C)c1cccc2oc4cc[c-]c-3c4c12.[Ir]. The predicted octanol–water partition coefficient (Wildman–Crippen LogP) is 12.4. The van der Waals surface area contributed by atoms with Gasteiger partial charge in [0.25, 0.3) is 0 Å². The molecule has 0 amide bonds. The first-order valence-corrected chi connectivity index (χ1v) is 17.6. The van der Waals surface area contributed by atoms with E-state index >= 15 is 0 Å². The predicted molar refractivity (Wildman–Crippen MR) is 197 cm³/mol. The zero-order valence-electron chi connectivity index (χ0n) is 30.4. The fourth-order valence-corrected chi connectivity index (χ4v) is 6.75. The molecule has 4 nitrogen and oxygen atoms in total. The minimum Gasteiger partial charge on any atom is -0.512 e. The summed E-state index contributed by atoms with van der Waals surface area (Å²) in [6.07, 6.45) is 5.89. The van der Waals surface area contributed by atoms with Crippen LogP contribution in [0, 0.1) is 16.9 Å². The van der Waals surface area contributed by atoms with Crippen molar-refractivity contribution < 1.29 is 34.4 Å². The largest absolute Gasteiger partial charge is 0.512 e. The number of carbonyl (C=O) groups excluding carboxylic acids is 1. The Morgan fingerprint density at radius 3 is 2.19 bits per heavy atom. The maximum Gasteiger partial charge on any atom is 0.164 e. The van der Waals surface area contributed by atoms with E-state index in [0.29, 0.717) is 5.92 Å². The molecule has 48 heavy (non-hydrogen) atoms. The summed E-state index contributed by atoms with van der Waals surface area (Å²) >= 11 is 0. The number of fused-ring (bicyclic) bond motifs is 3. The molecule has 0 spiro atoms. The smallest absolute Gasteiger partial charge is 0.164 e. The third kappa shape index (κ3) is 6.41. The van der Waals surface area contributed by atoms with E-state index in [1.807, 2.05) is 53.7 Å². The van der Waals surface area contributed by atoms with Crippen molar-refractivity contribution in [2.75, 3.05) is 0 Å². The zero-order valence-corrected chi connectivity index (χ0v) is 32.8. The number of aliphatic hydroxyl groups is 1. The van der Waals surface area contributed by atoms with Gasteiger partial charge in [-0.15, -0.1) is 17.7 Å². The Morgan fingerprint density at radius 1 is 0.917 bits per heavy atom. The molecule has 1 aliphatic rings. The van der Waals surface area contributed by atoms with E-state index in [-0.39, 0.29) is 47.9 Å². The third-order valence-corrected chi connectivity index (χ3v) is 11.7. The van der Waals surface area contributed by atoms with Crippen LogP contribution in [-0.4, -0.2) is 15.9 Å². The molecule has 1 atom stereocenters. The van der Waals surface area contributed by atoms with Crippen molar-refractivity contribution in [1.82, 2.24) is 4.98 Å². The maximum absolute atomic E-state index is 12.2. The van der Waals surface area contributed by atoms with Crippen molar-refractivity contribution in [2.24, 2.45) is 10.8 Å². The Morgan fingerprint density at radius 2 is 1.56 bits per heavy atom. The van der Waals surface area contributed by atoms with Gasteiger partial charge in [0, 0.05) is 42.4 Å². The number of rotatable bonds is 9. The van der Waals surface area contributed by atoms with Crippen molar-refractivity contribution in [3.63, 3.8) is 0 Å². The molecule has 1 unspecified atom stereocenters. The zero-order chi connectivity index (χ0) is 34.3. The molecule has 2 aromatic heterocycles. The van der Waals surface area contributed by atoms with E-state index in [0.717, 1.165) is 65.4 Å². The van der Waals surface area contributed by atoms with Crippen molar-refractivity contribution in [3.8, 4) is 11.3 Å². The van der Waals surface area contributed by atoms with Gasteiger partial charge in [-0.3, -0.25) is 9.78 Å². The molecular formula is C43H52IrNO3-. The molecule has 0 saturated carbocycles. The average Bonchev–Trinajstić information content (AvgIpc) is 3.45. The fourth-order valence-electron chi connectivity index (χ4n) is 6.75. The van der Waals surface area contributed by atoms with Gasteiger partial charge in [0.2, 0.25) is 0 Å². The van der Waals surface area contributed by atoms with Crippen molar-refractivity contribution >= 4 is 38.6 Å². The number of carbonyl (C=O) groups is 1. The van der Waals surface area contributed by atoms with E-state index in [1.165, 1.54) is 33.5 Å². The van der Waals surface area contributed by atoms with E-state index < -0.39 is 0 Å². The van der Waals surface area contributed by atoms with Crippen LogP contribution in [0.15, 0.2) is 70.8 Å². The number of benzene rings is 3. The number of pyridine rings is 1. The normalized spacial score (nSPS) is 14.7. The summed E-state index contributed by atoms with van der Waals surface area (Å²) in [4.78, 5) is 17.4. The summed E-state index contributed by atoms with van der Waals surface area (Å²) in [5.41, 5.74) is 8.07. The monoisotopic (exact) mass is 823 g/mol. The first-order valence-electron chi connectivity index (χ1n) is 17.6. The Balaban J connectivity index is 0.000000251. The summed E-state index contributed by atoms with van der Waals surface area (Å²) in [7, 11) is 0. The number of hydrogen-bond acceptors (Lipinski definition) is 4. The van der Waals surface area contributed by atoms with Crippen LogP contribution in [0.2, 0.25) is 0 Å². The van der Waals surface area contributed by atoms with Crippen LogP contribution >= 0.6 is 0 Å². The van der Waals surface area contributed by atoms with Crippen LogP contribution in [0.1, 0.15) is 124 Å². The van der Waals surface area contributed by atoms with Gasteiger partial charge in [0.05, 0.1) is 11.1 Å². The Bertz CT molecular complexity index is 1970. The summed E-state index contributed by atoms with van der Waals surface area (Å²) < 4.78 is 6.21. The van der Waals surface area contributed by atoms with Crippen LogP contribution in [0.4, 0.5) is 0 Å². The van der Waals surface area contributed by atoms with Crippen molar-refractivity contribution in [3.05, 3.63) is 89.2 Å². The van der Waals surface area contributed by atoms with Crippen LogP contribution in [0.25, 0.3) is 44.1 Å². The second-order valence-corrected chi connectivity index (χ2v) is 14.6. The van der Waals surface area contributed by atoms with Gasteiger partial charge in [-0.1, -0.05) is 111 Å². The van der Waals surface area contributed by atoms with Crippen LogP contribution in [0.5, 0.6) is 0 Å². The van der Waals surface area contributed by atoms with Crippen LogP contribution < -0.4 is 0 Å². The second-order valence-electron chi connectivity index (χ2n) is 14.6. The van der Waals surface area contributed by atoms with E-state index in [9.17, 15) is 9.90 Å². The first-order chi connectivity index (χ1) is 22.3. The van der Waals surface area contributed by atoms with Gasteiger partial charge in [-0.05, 0) is 83.8 Å². The molecular weight excluding hydrogens is 771 g/mol. The Kier molecular flexibility index (Phi) is 11.2. The van der Waals surface area contributed by atoms with E-state index in [2.05, 4.69) is 76.2 Å². The first kappa shape index (κ1) is 37.5. The molecule has 5 heteroatoms. The number of nitrogens with zero attached hydrogens (tertiary/aromatic N) is 1. The number of hydrogen-bond donors (Lipinski definition) is 1. The van der Waals surface area contributed by atoms with Gasteiger partial charge in [0.1, 0.15) is 11.3 Å². The van der Waals surface area contributed by atoms with Crippen molar-refractivity contribution in [1.29, 1.82) is 0 Å². The van der Waals surface area contributed by atoms with E-state index in [1.54, 1.807) is 0 Å². The molecule has 1 aliphatic carbocycles. The molecule has 0 fully saturated rings. The fraction of sp³-hybridized carbons (Fsp3) is 0.442. The number of ketones is 1. The average molecular weight is 823 g/mol. The molecule has 0 bridgehead atoms. The molecule has 2 heterocycles. The summed E-state index contributed by atoms with van der Waals surface area (Å²) in [6.45, 7) is 21.2. The maximum atomic E-state index is 12.2. The number of aliphatic hydroxyl groups excluding tert-OH is 1. The van der Waals surface area contributed by atoms with Gasteiger partial charge in [-0.25, -0.2) is 0 Å².